The minimum absolute atomic E-state index is 0.0692. The standard InChI is InChI=1S/C27H30N4O4S/c1-18-4-8-20(9-5-18)21-12-14-31(15-13-21)27-29-23-3-2-16-36(34,35)25(23)26(30-27)28-22-10-6-19(7-11-22)17-24(32)33/h4-11,21H,2-3,12-17H2,1H3,(H,32,33)(H,28,29,30). The Morgan fingerprint density at radius 3 is 2.42 bits per heavy atom. The topological polar surface area (TPSA) is 112 Å². The summed E-state index contributed by atoms with van der Waals surface area (Å²) in [6, 6.07) is 15.6. The zero-order valence-electron chi connectivity index (χ0n) is 20.3. The van der Waals surface area contributed by atoms with Gasteiger partial charge in [0.15, 0.2) is 15.7 Å². The van der Waals surface area contributed by atoms with E-state index in [2.05, 4.69) is 41.4 Å². The number of hydrogen-bond acceptors (Lipinski definition) is 7. The number of nitrogens with one attached hydrogen (secondary N) is 1. The molecule has 2 aliphatic heterocycles. The number of fused-ring (bicyclic) bond motifs is 1. The van der Waals surface area contributed by atoms with Crippen molar-refractivity contribution in [1.82, 2.24) is 9.97 Å². The van der Waals surface area contributed by atoms with Crippen LogP contribution in [-0.2, 0) is 27.5 Å². The van der Waals surface area contributed by atoms with E-state index in [1.165, 1.54) is 11.1 Å². The van der Waals surface area contributed by atoms with Crippen molar-refractivity contribution in [1.29, 1.82) is 0 Å². The molecule has 0 unspecified atom stereocenters. The van der Waals surface area contributed by atoms with Crippen molar-refractivity contribution in [3.63, 3.8) is 0 Å². The number of hydrogen-bond donors (Lipinski definition) is 2. The molecule has 1 saturated heterocycles. The molecular formula is C27H30N4O4S. The van der Waals surface area contributed by atoms with Crippen LogP contribution < -0.4 is 10.2 Å². The molecule has 0 radical (unpaired) electrons. The molecule has 8 nitrogen and oxygen atoms in total. The number of nitrogens with zero attached hydrogens (tertiary/aromatic N) is 3. The van der Waals surface area contributed by atoms with Crippen LogP contribution >= 0.6 is 0 Å². The van der Waals surface area contributed by atoms with Crippen LogP contribution in [0.2, 0.25) is 0 Å². The summed E-state index contributed by atoms with van der Waals surface area (Å²) in [5.74, 6) is 0.514. The number of carboxylic acids is 1. The second kappa shape index (κ2) is 9.89. The summed E-state index contributed by atoms with van der Waals surface area (Å²) < 4.78 is 25.9. The van der Waals surface area contributed by atoms with E-state index in [4.69, 9.17) is 15.1 Å². The lowest BCUT2D eigenvalue weighted by Gasteiger charge is -2.33. The molecule has 0 amide bonds. The Morgan fingerprint density at radius 1 is 1.06 bits per heavy atom. The molecule has 0 saturated carbocycles. The molecule has 36 heavy (non-hydrogen) atoms. The third-order valence-corrected chi connectivity index (χ3v) is 8.84. The normalized spacial score (nSPS) is 17.4. The Bertz CT molecular complexity index is 1360. The van der Waals surface area contributed by atoms with E-state index in [0.717, 1.165) is 25.9 Å². The van der Waals surface area contributed by atoms with Gasteiger partial charge in [-0.05, 0) is 61.8 Å². The number of sulfone groups is 1. The summed E-state index contributed by atoms with van der Waals surface area (Å²) in [6.45, 7) is 3.69. The number of anilines is 3. The molecule has 3 heterocycles. The molecule has 1 fully saturated rings. The largest absolute Gasteiger partial charge is 0.481 e. The first-order chi connectivity index (χ1) is 17.3. The average molecular weight is 507 g/mol. The van der Waals surface area contributed by atoms with E-state index in [-0.39, 0.29) is 17.1 Å². The molecule has 188 valence electrons. The maximum Gasteiger partial charge on any atom is 0.307 e. The number of piperidine rings is 1. The predicted molar refractivity (Wildman–Crippen MR) is 139 cm³/mol. The highest BCUT2D eigenvalue weighted by Crippen LogP contribution is 2.35. The third-order valence-electron chi connectivity index (χ3n) is 6.96. The first-order valence-corrected chi connectivity index (χ1v) is 14.0. The highest BCUT2D eigenvalue weighted by atomic mass is 32.2. The van der Waals surface area contributed by atoms with Crippen molar-refractivity contribution >= 4 is 33.3 Å². The minimum Gasteiger partial charge on any atom is -0.481 e. The SMILES string of the molecule is Cc1ccc(C2CCN(c3nc4c(c(Nc5ccc(CC(=O)O)cc5)n3)S(=O)(=O)CCC4)CC2)cc1. The van der Waals surface area contributed by atoms with E-state index in [9.17, 15) is 13.2 Å². The molecule has 9 heteroatoms. The Kier molecular flexibility index (Phi) is 6.66. The van der Waals surface area contributed by atoms with E-state index in [0.29, 0.717) is 47.5 Å². The van der Waals surface area contributed by atoms with Crippen LogP contribution in [0.4, 0.5) is 17.5 Å². The number of benzene rings is 2. The first kappa shape index (κ1) is 24.2. The number of rotatable bonds is 6. The maximum atomic E-state index is 13.0. The van der Waals surface area contributed by atoms with Gasteiger partial charge in [-0.2, -0.15) is 4.98 Å². The molecule has 0 aliphatic carbocycles. The van der Waals surface area contributed by atoms with Crippen molar-refractivity contribution in [2.24, 2.45) is 0 Å². The zero-order valence-corrected chi connectivity index (χ0v) is 21.1. The van der Waals surface area contributed by atoms with Gasteiger partial charge in [0.2, 0.25) is 5.95 Å². The van der Waals surface area contributed by atoms with Gasteiger partial charge >= 0.3 is 5.97 Å². The second-order valence-electron chi connectivity index (χ2n) is 9.63. The van der Waals surface area contributed by atoms with Crippen molar-refractivity contribution in [3.05, 3.63) is 70.9 Å². The molecule has 0 spiro atoms. The van der Waals surface area contributed by atoms with Gasteiger partial charge in [0.05, 0.1) is 17.9 Å². The number of aliphatic carboxylic acids is 1. The highest BCUT2D eigenvalue weighted by Gasteiger charge is 2.32. The molecule has 2 aromatic carbocycles. The summed E-state index contributed by atoms with van der Waals surface area (Å²) in [4.78, 5) is 22.7. The van der Waals surface area contributed by atoms with Crippen LogP contribution in [0.1, 0.15) is 47.6 Å². The summed E-state index contributed by atoms with van der Waals surface area (Å²) in [7, 11) is -3.50. The summed E-state index contributed by atoms with van der Waals surface area (Å²) in [5, 5.41) is 12.2. The van der Waals surface area contributed by atoms with Gasteiger partial charge in [0.25, 0.3) is 0 Å². The van der Waals surface area contributed by atoms with Gasteiger partial charge in [0, 0.05) is 18.8 Å². The molecule has 1 aromatic heterocycles. The fourth-order valence-corrected chi connectivity index (χ4v) is 6.63. The van der Waals surface area contributed by atoms with Gasteiger partial charge in [0.1, 0.15) is 4.90 Å². The maximum absolute atomic E-state index is 13.0. The lowest BCUT2D eigenvalue weighted by molar-refractivity contribution is -0.136. The minimum atomic E-state index is -3.50. The van der Waals surface area contributed by atoms with Gasteiger partial charge in [-0.1, -0.05) is 42.0 Å². The Morgan fingerprint density at radius 2 is 1.75 bits per heavy atom. The lowest BCUT2D eigenvalue weighted by atomic mass is 9.89. The summed E-state index contributed by atoms with van der Waals surface area (Å²) in [6.07, 6.45) is 3.03. The summed E-state index contributed by atoms with van der Waals surface area (Å²) in [5.41, 5.74) is 4.49. The number of aryl methyl sites for hydroxylation is 2. The van der Waals surface area contributed by atoms with E-state index >= 15 is 0 Å². The highest BCUT2D eigenvalue weighted by molar-refractivity contribution is 7.91. The van der Waals surface area contributed by atoms with Crippen molar-refractivity contribution in [2.75, 3.05) is 29.1 Å². The molecule has 3 aromatic rings. The van der Waals surface area contributed by atoms with E-state index in [1.807, 2.05) is 0 Å². The smallest absolute Gasteiger partial charge is 0.307 e. The van der Waals surface area contributed by atoms with Crippen LogP contribution in [0.5, 0.6) is 0 Å². The Labute approximate surface area is 211 Å². The van der Waals surface area contributed by atoms with Gasteiger partial charge in [-0.3, -0.25) is 4.79 Å². The van der Waals surface area contributed by atoms with Crippen molar-refractivity contribution in [2.45, 2.75) is 49.8 Å². The predicted octanol–water partition coefficient (Wildman–Crippen LogP) is 4.26. The quantitative estimate of drug-likeness (QED) is 0.510. The van der Waals surface area contributed by atoms with Gasteiger partial charge in [-0.25, -0.2) is 13.4 Å². The third kappa shape index (κ3) is 5.21. The Hall–Kier alpha value is -3.46. The number of carbonyl (C=O) groups is 1. The van der Waals surface area contributed by atoms with Crippen LogP contribution in [0.15, 0.2) is 53.4 Å². The van der Waals surface area contributed by atoms with Crippen LogP contribution in [0.25, 0.3) is 0 Å². The zero-order chi connectivity index (χ0) is 25.3. The van der Waals surface area contributed by atoms with E-state index < -0.39 is 15.8 Å². The number of carboxylic acid groups (broad SMARTS) is 1. The summed E-state index contributed by atoms with van der Waals surface area (Å²) >= 11 is 0. The molecule has 2 N–H and O–H groups in total. The molecule has 2 aliphatic rings. The fraction of sp³-hybridized carbons (Fsp3) is 0.370. The van der Waals surface area contributed by atoms with Crippen LogP contribution in [0.3, 0.4) is 0 Å². The van der Waals surface area contributed by atoms with Crippen LogP contribution in [0, 0.1) is 6.92 Å². The van der Waals surface area contributed by atoms with Gasteiger partial charge in [-0.15, -0.1) is 0 Å². The molecule has 0 atom stereocenters. The average Bonchev–Trinajstić information content (AvgIpc) is 2.85. The molecular weight excluding hydrogens is 476 g/mol. The fourth-order valence-electron chi connectivity index (χ4n) is 5.01. The monoisotopic (exact) mass is 506 g/mol. The first-order valence-electron chi connectivity index (χ1n) is 12.3. The molecule has 5 rings (SSSR count). The lowest BCUT2D eigenvalue weighted by Crippen LogP contribution is -2.35. The van der Waals surface area contributed by atoms with Gasteiger partial charge < -0.3 is 15.3 Å². The van der Waals surface area contributed by atoms with Crippen LogP contribution in [-0.4, -0.2) is 48.3 Å². The van der Waals surface area contributed by atoms with Crippen molar-refractivity contribution < 1.29 is 18.3 Å². The van der Waals surface area contributed by atoms with E-state index in [1.54, 1.807) is 24.3 Å². The number of aromatic nitrogens is 2. The van der Waals surface area contributed by atoms with Crippen molar-refractivity contribution in [3.8, 4) is 0 Å². The second-order valence-corrected chi connectivity index (χ2v) is 11.7. The Balaban J connectivity index is 1.41. The molecule has 0 bridgehead atoms.